The topological polar surface area (TPSA) is 73.6 Å². The number of aliphatic imine (C=N–C) groups is 1. The molecule has 0 radical (unpaired) electrons. The highest BCUT2D eigenvalue weighted by Crippen LogP contribution is 2.17. The van der Waals surface area contributed by atoms with Crippen LogP contribution in [0.4, 0.5) is 0 Å². The van der Waals surface area contributed by atoms with Crippen molar-refractivity contribution >= 4 is 11.9 Å². The smallest absolute Gasteiger partial charge is 0.289 e. The van der Waals surface area contributed by atoms with Gasteiger partial charge in [-0.15, -0.1) is 0 Å². The number of carbonyl (C=O) groups excluding carboxylic acids is 1. The Morgan fingerprint density at radius 1 is 1.29 bits per heavy atom. The molecule has 1 aromatic rings. The van der Waals surface area contributed by atoms with E-state index in [4.69, 9.17) is 14.1 Å². The third-order valence-electron chi connectivity index (χ3n) is 5.47. The molecule has 3 rings (SSSR count). The van der Waals surface area contributed by atoms with E-state index in [0.29, 0.717) is 24.9 Å². The Morgan fingerprint density at radius 2 is 2.07 bits per heavy atom. The SMILES string of the molecule is CCNC(=NCC1CCCN1CCOC)N1CCN(C(=O)c2ccco2)CC1. The lowest BCUT2D eigenvalue weighted by atomic mass is 10.2. The predicted molar refractivity (Wildman–Crippen MR) is 109 cm³/mol. The van der Waals surface area contributed by atoms with Crippen LogP contribution in [0.2, 0.25) is 0 Å². The lowest BCUT2D eigenvalue weighted by molar-refractivity contribution is 0.0657. The van der Waals surface area contributed by atoms with Gasteiger partial charge in [0.25, 0.3) is 5.91 Å². The fraction of sp³-hybridized carbons (Fsp3) is 0.700. The molecule has 8 heteroatoms. The molecule has 0 spiro atoms. The summed E-state index contributed by atoms with van der Waals surface area (Å²) in [5, 5.41) is 3.42. The van der Waals surface area contributed by atoms with Crippen LogP contribution in [0.3, 0.4) is 0 Å². The van der Waals surface area contributed by atoms with Crippen molar-refractivity contribution < 1.29 is 13.9 Å². The zero-order valence-corrected chi connectivity index (χ0v) is 17.1. The molecule has 1 unspecified atom stereocenters. The number of nitrogens with one attached hydrogen (secondary N) is 1. The molecule has 3 heterocycles. The van der Waals surface area contributed by atoms with Crippen molar-refractivity contribution in [2.24, 2.45) is 4.99 Å². The largest absolute Gasteiger partial charge is 0.459 e. The van der Waals surface area contributed by atoms with Crippen molar-refractivity contribution in [2.45, 2.75) is 25.8 Å². The van der Waals surface area contributed by atoms with E-state index in [2.05, 4.69) is 22.0 Å². The first kappa shape index (κ1) is 20.7. The Balaban J connectivity index is 1.54. The van der Waals surface area contributed by atoms with Gasteiger partial charge in [-0.25, -0.2) is 0 Å². The van der Waals surface area contributed by atoms with Crippen molar-refractivity contribution in [2.75, 3.05) is 66.1 Å². The number of piperazine rings is 1. The lowest BCUT2D eigenvalue weighted by Gasteiger charge is -2.36. The van der Waals surface area contributed by atoms with Gasteiger partial charge in [0.2, 0.25) is 0 Å². The summed E-state index contributed by atoms with van der Waals surface area (Å²) in [6, 6.07) is 3.96. The monoisotopic (exact) mass is 391 g/mol. The number of carbonyl (C=O) groups is 1. The maximum absolute atomic E-state index is 12.4. The third kappa shape index (κ3) is 5.26. The quantitative estimate of drug-likeness (QED) is 0.555. The lowest BCUT2D eigenvalue weighted by Crippen LogP contribution is -2.54. The van der Waals surface area contributed by atoms with Gasteiger partial charge in [-0.3, -0.25) is 14.7 Å². The molecule has 0 saturated carbocycles. The Bertz CT molecular complexity index is 626. The Morgan fingerprint density at radius 3 is 2.75 bits per heavy atom. The zero-order valence-electron chi connectivity index (χ0n) is 17.1. The number of hydrogen-bond donors (Lipinski definition) is 1. The van der Waals surface area contributed by atoms with E-state index >= 15 is 0 Å². The summed E-state index contributed by atoms with van der Waals surface area (Å²) in [5.41, 5.74) is 0. The molecule has 8 nitrogen and oxygen atoms in total. The van der Waals surface area contributed by atoms with Crippen LogP contribution in [-0.2, 0) is 4.74 Å². The van der Waals surface area contributed by atoms with E-state index in [1.165, 1.54) is 12.8 Å². The maximum Gasteiger partial charge on any atom is 0.289 e. The van der Waals surface area contributed by atoms with Crippen molar-refractivity contribution in [3.05, 3.63) is 24.2 Å². The van der Waals surface area contributed by atoms with Gasteiger partial charge in [-0.2, -0.15) is 0 Å². The number of guanidine groups is 1. The first-order chi connectivity index (χ1) is 13.7. The molecule has 2 saturated heterocycles. The van der Waals surface area contributed by atoms with Gasteiger partial charge in [0.15, 0.2) is 11.7 Å². The summed E-state index contributed by atoms with van der Waals surface area (Å²) in [5.74, 6) is 1.32. The predicted octanol–water partition coefficient (Wildman–Crippen LogP) is 1.11. The zero-order chi connectivity index (χ0) is 19.8. The van der Waals surface area contributed by atoms with E-state index in [1.54, 1.807) is 25.5 Å². The molecular weight excluding hydrogens is 358 g/mol. The van der Waals surface area contributed by atoms with Gasteiger partial charge in [-0.05, 0) is 38.4 Å². The number of methoxy groups -OCH3 is 1. The van der Waals surface area contributed by atoms with Gasteiger partial charge in [0, 0.05) is 52.4 Å². The van der Waals surface area contributed by atoms with E-state index in [-0.39, 0.29) is 5.91 Å². The average Bonchev–Trinajstić information content (AvgIpc) is 3.41. The molecule has 1 amide bonds. The Kier molecular flexibility index (Phi) is 7.73. The molecule has 0 aromatic carbocycles. The van der Waals surface area contributed by atoms with E-state index in [1.807, 2.05) is 4.90 Å². The van der Waals surface area contributed by atoms with Crippen LogP contribution in [0.25, 0.3) is 0 Å². The van der Waals surface area contributed by atoms with Crippen LogP contribution >= 0.6 is 0 Å². The van der Waals surface area contributed by atoms with Crippen LogP contribution < -0.4 is 5.32 Å². The second kappa shape index (κ2) is 10.5. The summed E-state index contributed by atoms with van der Waals surface area (Å²) in [6.45, 7) is 9.50. The van der Waals surface area contributed by atoms with Gasteiger partial charge >= 0.3 is 0 Å². The maximum atomic E-state index is 12.4. The molecule has 2 aliphatic heterocycles. The first-order valence-electron chi connectivity index (χ1n) is 10.3. The summed E-state index contributed by atoms with van der Waals surface area (Å²) < 4.78 is 10.5. The highest BCUT2D eigenvalue weighted by Gasteiger charge is 2.27. The summed E-state index contributed by atoms with van der Waals surface area (Å²) in [4.78, 5) is 23.9. The minimum absolute atomic E-state index is 0.0358. The van der Waals surface area contributed by atoms with Gasteiger partial charge < -0.3 is 24.3 Å². The van der Waals surface area contributed by atoms with Crippen molar-refractivity contribution in [1.82, 2.24) is 20.0 Å². The fourth-order valence-corrected chi connectivity index (χ4v) is 3.90. The molecule has 2 aliphatic rings. The van der Waals surface area contributed by atoms with Crippen molar-refractivity contribution in [1.29, 1.82) is 0 Å². The summed E-state index contributed by atoms with van der Waals surface area (Å²) in [6.07, 6.45) is 3.96. The van der Waals surface area contributed by atoms with Gasteiger partial charge in [0.05, 0.1) is 19.4 Å². The fourth-order valence-electron chi connectivity index (χ4n) is 3.90. The number of amides is 1. The third-order valence-corrected chi connectivity index (χ3v) is 5.47. The number of hydrogen-bond acceptors (Lipinski definition) is 5. The van der Waals surface area contributed by atoms with Crippen LogP contribution in [0, 0.1) is 0 Å². The second-order valence-electron chi connectivity index (χ2n) is 7.28. The molecule has 1 aromatic heterocycles. The van der Waals surface area contributed by atoms with E-state index < -0.39 is 0 Å². The van der Waals surface area contributed by atoms with E-state index in [0.717, 1.165) is 51.8 Å². The van der Waals surface area contributed by atoms with Crippen molar-refractivity contribution in [3.8, 4) is 0 Å². The standard InChI is InChI=1S/C20H33N5O3/c1-3-21-20(22-16-17-6-4-8-23(17)13-15-27-2)25-11-9-24(10-12-25)19(26)18-7-5-14-28-18/h5,7,14,17H,3-4,6,8-13,15-16H2,1-2H3,(H,21,22). The first-order valence-corrected chi connectivity index (χ1v) is 10.3. The molecule has 28 heavy (non-hydrogen) atoms. The molecule has 156 valence electrons. The number of nitrogens with zero attached hydrogens (tertiary/aromatic N) is 4. The van der Waals surface area contributed by atoms with Gasteiger partial charge in [0.1, 0.15) is 0 Å². The molecule has 2 fully saturated rings. The number of rotatable bonds is 7. The minimum atomic E-state index is -0.0358. The minimum Gasteiger partial charge on any atom is -0.459 e. The van der Waals surface area contributed by atoms with E-state index in [9.17, 15) is 4.79 Å². The number of furan rings is 1. The number of ether oxygens (including phenoxy) is 1. The molecule has 1 atom stereocenters. The molecule has 0 bridgehead atoms. The van der Waals surface area contributed by atoms with Crippen LogP contribution in [0.1, 0.15) is 30.3 Å². The van der Waals surface area contributed by atoms with Gasteiger partial charge in [-0.1, -0.05) is 0 Å². The number of likely N-dealkylation sites (tertiary alicyclic amines) is 1. The normalized spacial score (nSPS) is 21.4. The van der Waals surface area contributed by atoms with Crippen LogP contribution in [-0.4, -0.2) is 98.7 Å². The van der Waals surface area contributed by atoms with Crippen LogP contribution in [0.5, 0.6) is 0 Å². The second-order valence-corrected chi connectivity index (χ2v) is 7.28. The Labute approximate surface area is 167 Å². The Hall–Kier alpha value is -2.06. The van der Waals surface area contributed by atoms with Crippen molar-refractivity contribution in [3.63, 3.8) is 0 Å². The average molecular weight is 392 g/mol. The van der Waals surface area contributed by atoms with Crippen LogP contribution in [0.15, 0.2) is 27.8 Å². The highest BCUT2D eigenvalue weighted by atomic mass is 16.5. The summed E-state index contributed by atoms with van der Waals surface area (Å²) in [7, 11) is 1.75. The molecule has 1 N–H and O–H groups in total. The molecular formula is C20H33N5O3. The highest BCUT2D eigenvalue weighted by molar-refractivity contribution is 5.91. The summed E-state index contributed by atoms with van der Waals surface area (Å²) >= 11 is 0. The molecule has 0 aliphatic carbocycles.